The molecule has 1 aromatic rings. The summed E-state index contributed by atoms with van der Waals surface area (Å²) in [7, 11) is 0. The number of morpholine rings is 1. The SMILES string of the molecule is CCC(C)N(Cc1ccccc1)C(=O)C1CNCCO1.Cl. The average Bonchev–Trinajstić information content (AvgIpc) is 2.53. The largest absolute Gasteiger partial charge is 0.366 e. The monoisotopic (exact) mass is 312 g/mol. The summed E-state index contributed by atoms with van der Waals surface area (Å²) in [6.45, 7) is 6.89. The number of halogens is 1. The zero-order chi connectivity index (χ0) is 14.4. The molecule has 21 heavy (non-hydrogen) atoms. The van der Waals surface area contributed by atoms with Crippen LogP contribution in [-0.4, -0.2) is 42.6 Å². The van der Waals surface area contributed by atoms with Crippen molar-refractivity contribution >= 4 is 18.3 Å². The minimum atomic E-state index is -0.346. The van der Waals surface area contributed by atoms with Crippen molar-refractivity contribution in [2.75, 3.05) is 19.7 Å². The third kappa shape index (κ3) is 4.99. The molecule has 1 aliphatic rings. The van der Waals surface area contributed by atoms with Gasteiger partial charge in [-0.1, -0.05) is 37.3 Å². The predicted molar refractivity (Wildman–Crippen MR) is 86.6 cm³/mol. The van der Waals surface area contributed by atoms with Crippen molar-refractivity contribution in [2.45, 2.75) is 39.0 Å². The van der Waals surface area contributed by atoms with Gasteiger partial charge >= 0.3 is 0 Å². The molecule has 0 spiro atoms. The Balaban J connectivity index is 0.00000220. The normalized spacial score (nSPS) is 19.4. The van der Waals surface area contributed by atoms with Crippen LogP contribution in [-0.2, 0) is 16.1 Å². The zero-order valence-electron chi connectivity index (χ0n) is 12.7. The molecule has 0 saturated carbocycles. The summed E-state index contributed by atoms with van der Waals surface area (Å²) < 4.78 is 5.60. The Labute approximate surface area is 133 Å². The zero-order valence-corrected chi connectivity index (χ0v) is 13.6. The molecule has 0 aliphatic carbocycles. The number of nitrogens with one attached hydrogen (secondary N) is 1. The first-order chi connectivity index (χ1) is 9.72. The van der Waals surface area contributed by atoms with E-state index < -0.39 is 0 Å². The Morgan fingerprint density at radius 2 is 2.14 bits per heavy atom. The number of benzene rings is 1. The minimum absolute atomic E-state index is 0. The van der Waals surface area contributed by atoms with Gasteiger partial charge in [0.15, 0.2) is 0 Å². The molecule has 5 heteroatoms. The number of hydrogen-bond acceptors (Lipinski definition) is 3. The minimum Gasteiger partial charge on any atom is -0.366 e. The summed E-state index contributed by atoms with van der Waals surface area (Å²) in [6, 6.07) is 10.3. The molecule has 2 rings (SSSR count). The van der Waals surface area contributed by atoms with Gasteiger partial charge in [0.1, 0.15) is 6.10 Å². The molecule has 1 saturated heterocycles. The molecular weight excluding hydrogens is 288 g/mol. The van der Waals surface area contributed by atoms with Gasteiger partial charge < -0.3 is 15.0 Å². The molecule has 1 fully saturated rings. The van der Waals surface area contributed by atoms with Gasteiger partial charge in [0.05, 0.1) is 6.61 Å². The number of hydrogen-bond donors (Lipinski definition) is 1. The van der Waals surface area contributed by atoms with Gasteiger partial charge in [-0.05, 0) is 18.9 Å². The number of carbonyl (C=O) groups excluding carboxylic acids is 1. The molecule has 1 aromatic carbocycles. The van der Waals surface area contributed by atoms with E-state index in [4.69, 9.17) is 4.74 Å². The van der Waals surface area contributed by atoms with Gasteiger partial charge in [-0.2, -0.15) is 0 Å². The van der Waals surface area contributed by atoms with E-state index in [0.29, 0.717) is 19.7 Å². The lowest BCUT2D eigenvalue weighted by molar-refractivity contribution is -0.148. The highest BCUT2D eigenvalue weighted by atomic mass is 35.5. The van der Waals surface area contributed by atoms with Crippen LogP contribution < -0.4 is 5.32 Å². The summed E-state index contributed by atoms with van der Waals surface area (Å²) in [4.78, 5) is 14.6. The van der Waals surface area contributed by atoms with Gasteiger partial charge in [-0.3, -0.25) is 4.79 Å². The standard InChI is InChI=1S/C16H24N2O2.ClH/c1-3-13(2)18(12-14-7-5-4-6-8-14)16(19)15-11-17-9-10-20-15;/h4-8,13,15,17H,3,9-12H2,1-2H3;1H. The lowest BCUT2D eigenvalue weighted by Gasteiger charge is -2.33. The highest BCUT2D eigenvalue weighted by molar-refractivity contribution is 5.85. The van der Waals surface area contributed by atoms with Gasteiger partial charge in [0.2, 0.25) is 0 Å². The lowest BCUT2D eigenvalue weighted by atomic mass is 10.1. The molecule has 2 unspecified atom stereocenters. The fraction of sp³-hybridized carbons (Fsp3) is 0.562. The first-order valence-electron chi connectivity index (χ1n) is 7.39. The molecule has 1 aliphatic heterocycles. The number of nitrogens with zero attached hydrogens (tertiary/aromatic N) is 1. The second-order valence-electron chi connectivity index (χ2n) is 5.27. The summed E-state index contributed by atoms with van der Waals surface area (Å²) in [5, 5.41) is 3.22. The molecule has 1 heterocycles. The summed E-state index contributed by atoms with van der Waals surface area (Å²) in [5.74, 6) is 0.0930. The predicted octanol–water partition coefficient (Wildman–Crippen LogP) is 2.22. The molecule has 0 aromatic heterocycles. The van der Waals surface area contributed by atoms with E-state index in [-0.39, 0.29) is 30.5 Å². The Morgan fingerprint density at radius 1 is 1.43 bits per heavy atom. The first kappa shape index (κ1) is 18.0. The molecule has 1 amide bonds. The molecule has 0 bridgehead atoms. The Hall–Kier alpha value is -1.10. The van der Waals surface area contributed by atoms with E-state index in [9.17, 15) is 4.79 Å². The molecular formula is C16H25ClN2O2. The van der Waals surface area contributed by atoms with Crippen LogP contribution in [0, 0.1) is 0 Å². The van der Waals surface area contributed by atoms with E-state index in [1.807, 2.05) is 23.1 Å². The van der Waals surface area contributed by atoms with Gasteiger partial charge in [-0.25, -0.2) is 0 Å². The van der Waals surface area contributed by atoms with Crippen molar-refractivity contribution in [2.24, 2.45) is 0 Å². The molecule has 118 valence electrons. The average molecular weight is 313 g/mol. The van der Waals surface area contributed by atoms with E-state index in [2.05, 4.69) is 31.3 Å². The summed E-state index contributed by atoms with van der Waals surface area (Å²) >= 11 is 0. The smallest absolute Gasteiger partial charge is 0.253 e. The number of rotatable bonds is 5. The van der Waals surface area contributed by atoms with E-state index in [1.54, 1.807) is 0 Å². The lowest BCUT2D eigenvalue weighted by Crippen LogP contribution is -2.51. The second kappa shape index (κ2) is 9.03. The van der Waals surface area contributed by atoms with E-state index in [1.165, 1.54) is 0 Å². The first-order valence-corrected chi connectivity index (χ1v) is 7.39. The van der Waals surface area contributed by atoms with Crippen molar-refractivity contribution in [3.63, 3.8) is 0 Å². The maximum Gasteiger partial charge on any atom is 0.253 e. The van der Waals surface area contributed by atoms with Crippen molar-refractivity contribution in [1.29, 1.82) is 0 Å². The van der Waals surface area contributed by atoms with Gasteiger partial charge in [0.25, 0.3) is 5.91 Å². The third-order valence-electron chi connectivity index (χ3n) is 3.80. The fourth-order valence-corrected chi connectivity index (χ4v) is 2.36. The molecule has 0 radical (unpaired) electrons. The summed E-state index contributed by atoms with van der Waals surface area (Å²) in [5.41, 5.74) is 1.16. The van der Waals surface area contributed by atoms with Crippen LogP contribution in [0.4, 0.5) is 0 Å². The van der Waals surface area contributed by atoms with Crippen LogP contribution in [0.3, 0.4) is 0 Å². The summed E-state index contributed by atoms with van der Waals surface area (Å²) in [6.07, 6.45) is 0.597. The molecule has 4 nitrogen and oxygen atoms in total. The molecule has 1 N–H and O–H groups in total. The van der Waals surface area contributed by atoms with Crippen LogP contribution in [0.25, 0.3) is 0 Å². The van der Waals surface area contributed by atoms with Gasteiger partial charge in [-0.15, -0.1) is 12.4 Å². The highest BCUT2D eigenvalue weighted by Gasteiger charge is 2.29. The molecule has 2 atom stereocenters. The van der Waals surface area contributed by atoms with Crippen LogP contribution in [0.1, 0.15) is 25.8 Å². The maximum atomic E-state index is 12.7. The Bertz CT molecular complexity index is 422. The van der Waals surface area contributed by atoms with Crippen LogP contribution in [0.5, 0.6) is 0 Å². The van der Waals surface area contributed by atoms with Crippen molar-refractivity contribution < 1.29 is 9.53 Å². The number of carbonyl (C=O) groups is 1. The van der Waals surface area contributed by atoms with Crippen molar-refractivity contribution in [1.82, 2.24) is 10.2 Å². The maximum absolute atomic E-state index is 12.7. The fourth-order valence-electron chi connectivity index (χ4n) is 2.36. The van der Waals surface area contributed by atoms with Crippen LogP contribution in [0.15, 0.2) is 30.3 Å². The van der Waals surface area contributed by atoms with Gasteiger partial charge in [0, 0.05) is 25.7 Å². The topological polar surface area (TPSA) is 41.6 Å². The third-order valence-corrected chi connectivity index (χ3v) is 3.80. The Kier molecular flexibility index (Phi) is 7.72. The second-order valence-corrected chi connectivity index (χ2v) is 5.27. The van der Waals surface area contributed by atoms with Crippen molar-refractivity contribution in [3.8, 4) is 0 Å². The number of ether oxygens (including phenoxy) is 1. The van der Waals surface area contributed by atoms with Crippen LogP contribution in [0.2, 0.25) is 0 Å². The highest BCUT2D eigenvalue weighted by Crippen LogP contribution is 2.14. The van der Waals surface area contributed by atoms with E-state index in [0.717, 1.165) is 18.5 Å². The van der Waals surface area contributed by atoms with Crippen LogP contribution >= 0.6 is 12.4 Å². The van der Waals surface area contributed by atoms with Crippen molar-refractivity contribution in [3.05, 3.63) is 35.9 Å². The quantitative estimate of drug-likeness (QED) is 0.906. The Morgan fingerprint density at radius 3 is 2.71 bits per heavy atom. The number of amides is 1. The van der Waals surface area contributed by atoms with E-state index >= 15 is 0 Å².